The van der Waals surface area contributed by atoms with Crippen molar-refractivity contribution in [2.24, 2.45) is 0 Å². The van der Waals surface area contributed by atoms with Gasteiger partial charge >= 0.3 is 0 Å². The fraction of sp³-hybridized carbons (Fsp3) is 0.450. The number of hydrogen-bond donors (Lipinski definition) is 0. The fourth-order valence-electron chi connectivity index (χ4n) is 2.83. The van der Waals surface area contributed by atoms with Crippen LogP contribution in [0, 0.1) is 0 Å². The molecule has 0 aromatic heterocycles. The van der Waals surface area contributed by atoms with E-state index in [0.29, 0.717) is 5.78 Å². The number of carbonyl (C=O) groups excluding carboxylic acids is 1. The lowest BCUT2D eigenvalue weighted by Crippen LogP contribution is -2.17. The third-order valence-electron chi connectivity index (χ3n) is 4.19. The maximum absolute atomic E-state index is 11.9. The quantitative estimate of drug-likeness (QED) is 0.562. The van der Waals surface area contributed by atoms with Gasteiger partial charge in [0.15, 0.2) is 5.78 Å². The Kier molecular flexibility index (Phi) is 6.45. The first-order chi connectivity index (χ1) is 10.7. The predicted octanol–water partition coefficient (Wildman–Crippen LogP) is 5.01. The molecule has 1 aromatic rings. The van der Waals surface area contributed by atoms with Crippen LogP contribution in [-0.4, -0.2) is 19.4 Å². The van der Waals surface area contributed by atoms with Gasteiger partial charge in [0, 0.05) is 25.7 Å². The van der Waals surface area contributed by atoms with Crippen LogP contribution in [0.4, 0.5) is 5.69 Å². The molecule has 0 amide bonds. The van der Waals surface area contributed by atoms with Gasteiger partial charge in [0.1, 0.15) is 0 Å². The topological polar surface area (TPSA) is 20.3 Å². The number of rotatable bonds is 5. The Morgan fingerprint density at radius 2 is 1.82 bits per heavy atom. The number of nitrogens with zero attached hydrogens (tertiary/aromatic N) is 1. The van der Waals surface area contributed by atoms with Crippen molar-refractivity contribution in [1.82, 2.24) is 0 Å². The van der Waals surface area contributed by atoms with Crippen molar-refractivity contribution in [3.05, 3.63) is 47.6 Å². The highest BCUT2D eigenvalue weighted by Gasteiger charge is 2.11. The molecule has 0 unspecified atom stereocenters. The van der Waals surface area contributed by atoms with Crippen molar-refractivity contribution in [2.75, 3.05) is 18.5 Å². The van der Waals surface area contributed by atoms with Gasteiger partial charge in [0.05, 0.1) is 0 Å². The SMILES string of the molecule is CCCN(C)c1ccc(C=CC=C2CCCCCC2=O)cc1. The number of anilines is 1. The Bertz CT molecular complexity index is 539. The smallest absolute Gasteiger partial charge is 0.158 e. The summed E-state index contributed by atoms with van der Waals surface area (Å²) in [4.78, 5) is 14.2. The highest BCUT2D eigenvalue weighted by Crippen LogP contribution is 2.20. The predicted molar refractivity (Wildman–Crippen MR) is 95.2 cm³/mol. The molecule has 2 rings (SSSR count). The summed E-state index contributed by atoms with van der Waals surface area (Å²) in [5.41, 5.74) is 3.41. The van der Waals surface area contributed by atoms with Crippen molar-refractivity contribution < 1.29 is 4.79 Å². The first kappa shape index (κ1) is 16.5. The maximum Gasteiger partial charge on any atom is 0.158 e. The van der Waals surface area contributed by atoms with Crippen molar-refractivity contribution >= 4 is 17.5 Å². The molecular weight excluding hydrogens is 270 g/mol. The average Bonchev–Trinajstić information content (AvgIpc) is 2.73. The Labute approximate surface area is 134 Å². The third kappa shape index (κ3) is 4.87. The summed E-state index contributed by atoms with van der Waals surface area (Å²) in [6.07, 6.45) is 12.3. The largest absolute Gasteiger partial charge is 0.375 e. The molecule has 0 aliphatic heterocycles. The van der Waals surface area contributed by atoms with E-state index in [-0.39, 0.29) is 0 Å². The minimum atomic E-state index is 0.332. The molecular formula is C20H27NO. The van der Waals surface area contributed by atoms with E-state index in [2.05, 4.69) is 49.2 Å². The van der Waals surface area contributed by atoms with Gasteiger partial charge in [0.2, 0.25) is 0 Å². The Morgan fingerprint density at radius 1 is 1.09 bits per heavy atom. The van der Waals surface area contributed by atoms with Gasteiger partial charge in [-0.25, -0.2) is 0 Å². The van der Waals surface area contributed by atoms with Crippen LogP contribution in [0.25, 0.3) is 6.08 Å². The molecule has 118 valence electrons. The van der Waals surface area contributed by atoms with E-state index in [1.165, 1.54) is 17.7 Å². The molecule has 1 aliphatic carbocycles. The van der Waals surface area contributed by atoms with Gasteiger partial charge < -0.3 is 4.90 Å². The van der Waals surface area contributed by atoms with Crippen LogP contribution < -0.4 is 4.90 Å². The molecule has 0 radical (unpaired) electrons. The van der Waals surface area contributed by atoms with E-state index in [0.717, 1.165) is 44.2 Å². The van der Waals surface area contributed by atoms with Gasteiger partial charge in [-0.15, -0.1) is 0 Å². The zero-order valence-corrected chi connectivity index (χ0v) is 13.8. The van der Waals surface area contributed by atoms with Crippen molar-refractivity contribution in [2.45, 2.75) is 45.4 Å². The lowest BCUT2D eigenvalue weighted by atomic mass is 10.1. The summed E-state index contributed by atoms with van der Waals surface area (Å²) in [5, 5.41) is 0. The van der Waals surface area contributed by atoms with E-state index in [1.54, 1.807) is 0 Å². The number of ketones is 1. The summed E-state index contributed by atoms with van der Waals surface area (Å²) in [6.45, 7) is 3.26. The first-order valence-electron chi connectivity index (χ1n) is 8.42. The number of benzene rings is 1. The Morgan fingerprint density at radius 3 is 2.55 bits per heavy atom. The molecule has 0 heterocycles. The Balaban J connectivity index is 1.99. The molecule has 0 atom stereocenters. The van der Waals surface area contributed by atoms with Crippen LogP contribution >= 0.6 is 0 Å². The summed E-state index contributed by atoms with van der Waals surface area (Å²) in [5.74, 6) is 0.332. The maximum atomic E-state index is 11.9. The van der Waals surface area contributed by atoms with Gasteiger partial charge in [-0.3, -0.25) is 4.79 Å². The van der Waals surface area contributed by atoms with Crippen molar-refractivity contribution in [1.29, 1.82) is 0 Å². The lowest BCUT2D eigenvalue weighted by Gasteiger charge is -2.18. The Hall–Kier alpha value is -1.83. The highest BCUT2D eigenvalue weighted by atomic mass is 16.1. The second-order valence-electron chi connectivity index (χ2n) is 6.05. The average molecular weight is 297 g/mol. The molecule has 0 N–H and O–H groups in total. The second kappa shape index (κ2) is 8.57. The zero-order chi connectivity index (χ0) is 15.8. The molecule has 2 heteroatoms. The van der Waals surface area contributed by atoms with Crippen LogP contribution in [0.5, 0.6) is 0 Å². The molecule has 1 aromatic carbocycles. The molecule has 0 saturated heterocycles. The number of hydrogen-bond acceptors (Lipinski definition) is 2. The second-order valence-corrected chi connectivity index (χ2v) is 6.05. The van der Waals surface area contributed by atoms with Gasteiger partial charge in [-0.2, -0.15) is 0 Å². The summed E-state index contributed by atoms with van der Waals surface area (Å²) >= 11 is 0. The lowest BCUT2D eigenvalue weighted by molar-refractivity contribution is -0.115. The standard InChI is InChI=1S/C20H27NO/c1-3-16-21(2)19-14-12-17(13-15-19)8-7-10-18-9-5-4-6-11-20(18)22/h7-8,10,12-15H,3-6,9,11,16H2,1-2H3. The third-order valence-corrected chi connectivity index (χ3v) is 4.19. The van der Waals surface area contributed by atoms with Gasteiger partial charge in [-0.1, -0.05) is 43.7 Å². The highest BCUT2D eigenvalue weighted by molar-refractivity contribution is 5.95. The van der Waals surface area contributed by atoms with Crippen LogP contribution in [0.1, 0.15) is 51.0 Å². The number of allylic oxidation sites excluding steroid dienone is 3. The molecule has 2 nitrogen and oxygen atoms in total. The normalized spacial score (nSPS) is 17.9. The molecule has 0 spiro atoms. The monoisotopic (exact) mass is 297 g/mol. The van der Waals surface area contributed by atoms with E-state index in [1.807, 2.05) is 12.2 Å². The van der Waals surface area contributed by atoms with Crippen LogP contribution in [0.2, 0.25) is 0 Å². The zero-order valence-electron chi connectivity index (χ0n) is 13.8. The van der Waals surface area contributed by atoms with Crippen molar-refractivity contribution in [3.63, 3.8) is 0 Å². The van der Waals surface area contributed by atoms with E-state index in [9.17, 15) is 4.79 Å². The number of carbonyl (C=O) groups is 1. The molecule has 0 bridgehead atoms. The first-order valence-corrected chi connectivity index (χ1v) is 8.42. The van der Waals surface area contributed by atoms with E-state index < -0.39 is 0 Å². The molecule has 1 fully saturated rings. The van der Waals surface area contributed by atoms with Crippen molar-refractivity contribution in [3.8, 4) is 0 Å². The van der Waals surface area contributed by atoms with E-state index in [4.69, 9.17) is 0 Å². The van der Waals surface area contributed by atoms with Gasteiger partial charge in [0.25, 0.3) is 0 Å². The fourth-order valence-corrected chi connectivity index (χ4v) is 2.83. The van der Waals surface area contributed by atoms with Crippen LogP contribution in [0.15, 0.2) is 42.0 Å². The molecule has 22 heavy (non-hydrogen) atoms. The minimum absolute atomic E-state index is 0.332. The summed E-state index contributed by atoms with van der Waals surface area (Å²) < 4.78 is 0. The van der Waals surface area contributed by atoms with Crippen LogP contribution in [0.3, 0.4) is 0 Å². The molecule has 1 aliphatic rings. The summed E-state index contributed by atoms with van der Waals surface area (Å²) in [6, 6.07) is 8.56. The van der Waals surface area contributed by atoms with Gasteiger partial charge in [-0.05, 0) is 49.0 Å². The van der Waals surface area contributed by atoms with E-state index >= 15 is 0 Å². The number of Topliss-reactive ketones (excluding diaryl/α,β-unsaturated/α-hetero) is 1. The summed E-state index contributed by atoms with van der Waals surface area (Å²) in [7, 11) is 2.12. The molecule has 1 saturated carbocycles. The van der Waals surface area contributed by atoms with Crippen LogP contribution in [-0.2, 0) is 4.79 Å². The minimum Gasteiger partial charge on any atom is -0.375 e.